The molecule has 0 bridgehead atoms. The van der Waals surface area contributed by atoms with Crippen molar-refractivity contribution in [3.8, 4) is 0 Å². The van der Waals surface area contributed by atoms with E-state index in [1.54, 1.807) is 13.0 Å². The van der Waals surface area contributed by atoms with Crippen LogP contribution in [0.4, 0.5) is 0 Å². The summed E-state index contributed by atoms with van der Waals surface area (Å²) in [6.07, 6.45) is 0.463. The van der Waals surface area contributed by atoms with Crippen LogP contribution in [-0.4, -0.2) is 17.8 Å². The van der Waals surface area contributed by atoms with Crippen LogP contribution >= 0.6 is 23.2 Å². The van der Waals surface area contributed by atoms with Crippen molar-refractivity contribution in [2.75, 3.05) is 6.54 Å². The van der Waals surface area contributed by atoms with Crippen molar-refractivity contribution in [1.82, 2.24) is 5.32 Å². The molecule has 2 N–H and O–H groups in total. The van der Waals surface area contributed by atoms with Gasteiger partial charge in [0.2, 0.25) is 0 Å². The lowest BCUT2D eigenvalue weighted by Gasteiger charge is -2.08. The van der Waals surface area contributed by atoms with Crippen LogP contribution in [-0.2, 0) is 6.54 Å². The van der Waals surface area contributed by atoms with Crippen LogP contribution in [0.5, 0.6) is 0 Å². The molecule has 2 nitrogen and oxygen atoms in total. The number of benzene rings is 1. The fourth-order valence-electron chi connectivity index (χ4n) is 1.22. The summed E-state index contributed by atoms with van der Waals surface area (Å²) in [5.74, 6) is 0. The smallest absolute Gasteiger partial charge is 0.0637 e. The van der Waals surface area contributed by atoms with Crippen LogP contribution in [0.1, 0.15) is 18.9 Å². The van der Waals surface area contributed by atoms with Crippen molar-refractivity contribution in [2.24, 2.45) is 0 Å². The van der Waals surface area contributed by atoms with E-state index in [0.717, 1.165) is 18.5 Å². The molecule has 1 atom stereocenters. The molecule has 0 aliphatic heterocycles. The fourth-order valence-corrected chi connectivity index (χ4v) is 1.61. The molecule has 0 saturated heterocycles. The number of hydrogen-bond donors (Lipinski definition) is 2. The molecule has 1 aromatic rings. The lowest BCUT2D eigenvalue weighted by Crippen LogP contribution is -2.18. The number of halogens is 2. The van der Waals surface area contributed by atoms with Crippen LogP contribution in [0.25, 0.3) is 0 Å². The first-order valence-electron chi connectivity index (χ1n) is 4.93. The SMILES string of the molecule is C[C@@H](O)CCNCc1cccc(Cl)c1Cl. The summed E-state index contributed by atoms with van der Waals surface area (Å²) >= 11 is 11.9. The zero-order valence-electron chi connectivity index (χ0n) is 8.63. The molecule has 0 spiro atoms. The highest BCUT2D eigenvalue weighted by molar-refractivity contribution is 6.42. The van der Waals surface area contributed by atoms with Crippen LogP contribution < -0.4 is 5.32 Å². The van der Waals surface area contributed by atoms with Gasteiger partial charge in [0.15, 0.2) is 0 Å². The molecule has 0 fully saturated rings. The van der Waals surface area contributed by atoms with E-state index in [0.29, 0.717) is 16.6 Å². The Morgan fingerprint density at radius 1 is 1.40 bits per heavy atom. The largest absolute Gasteiger partial charge is 0.393 e. The maximum atomic E-state index is 9.06. The van der Waals surface area contributed by atoms with E-state index in [1.165, 1.54) is 0 Å². The molecule has 1 rings (SSSR count). The topological polar surface area (TPSA) is 32.3 Å². The first-order valence-corrected chi connectivity index (χ1v) is 5.68. The Labute approximate surface area is 100 Å². The second kappa shape index (κ2) is 6.33. The van der Waals surface area contributed by atoms with Gasteiger partial charge < -0.3 is 10.4 Å². The molecule has 0 amide bonds. The summed E-state index contributed by atoms with van der Waals surface area (Å²) in [6.45, 7) is 3.21. The highest BCUT2D eigenvalue weighted by atomic mass is 35.5. The average molecular weight is 248 g/mol. The number of nitrogens with one attached hydrogen (secondary N) is 1. The van der Waals surface area contributed by atoms with E-state index in [9.17, 15) is 0 Å². The second-order valence-corrected chi connectivity index (χ2v) is 4.31. The van der Waals surface area contributed by atoms with Crippen molar-refractivity contribution in [2.45, 2.75) is 26.0 Å². The Morgan fingerprint density at radius 2 is 2.13 bits per heavy atom. The number of aliphatic hydroxyl groups is 1. The van der Waals surface area contributed by atoms with Crippen molar-refractivity contribution in [3.05, 3.63) is 33.8 Å². The zero-order chi connectivity index (χ0) is 11.3. The Kier molecular flexibility index (Phi) is 5.40. The summed E-state index contributed by atoms with van der Waals surface area (Å²) in [6, 6.07) is 5.58. The Balaban J connectivity index is 2.41. The normalized spacial score (nSPS) is 12.8. The molecule has 0 aliphatic rings. The summed E-state index contributed by atoms with van der Waals surface area (Å²) < 4.78 is 0. The molecule has 0 radical (unpaired) electrons. The molecule has 0 aromatic heterocycles. The molecule has 0 heterocycles. The monoisotopic (exact) mass is 247 g/mol. The highest BCUT2D eigenvalue weighted by Crippen LogP contribution is 2.25. The van der Waals surface area contributed by atoms with Gasteiger partial charge in [0.05, 0.1) is 16.1 Å². The molecular weight excluding hydrogens is 233 g/mol. The quantitative estimate of drug-likeness (QED) is 0.785. The average Bonchev–Trinajstić information content (AvgIpc) is 2.18. The van der Waals surface area contributed by atoms with Gasteiger partial charge in [-0.3, -0.25) is 0 Å². The number of aliphatic hydroxyl groups excluding tert-OH is 1. The third kappa shape index (κ3) is 4.39. The third-order valence-corrected chi connectivity index (χ3v) is 2.94. The molecule has 15 heavy (non-hydrogen) atoms. The van der Waals surface area contributed by atoms with Crippen LogP contribution in [0.3, 0.4) is 0 Å². The maximum Gasteiger partial charge on any atom is 0.0637 e. The molecule has 0 aliphatic carbocycles. The summed E-state index contributed by atoms with van der Waals surface area (Å²) in [5.41, 5.74) is 0.981. The predicted molar refractivity (Wildman–Crippen MR) is 64.5 cm³/mol. The van der Waals surface area contributed by atoms with Crippen molar-refractivity contribution < 1.29 is 5.11 Å². The van der Waals surface area contributed by atoms with Crippen LogP contribution in [0.15, 0.2) is 18.2 Å². The minimum atomic E-state index is -0.271. The highest BCUT2D eigenvalue weighted by Gasteiger charge is 2.03. The van der Waals surface area contributed by atoms with Gasteiger partial charge in [-0.15, -0.1) is 0 Å². The van der Waals surface area contributed by atoms with Gasteiger partial charge in [-0.1, -0.05) is 35.3 Å². The van der Waals surface area contributed by atoms with E-state index in [4.69, 9.17) is 28.3 Å². The van der Waals surface area contributed by atoms with Gasteiger partial charge in [0, 0.05) is 6.54 Å². The van der Waals surface area contributed by atoms with E-state index in [1.807, 2.05) is 12.1 Å². The lowest BCUT2D eigenvalue weighted by atomic mass is 10.2. The van der Waals surface area contributed by atoms with E-state index in [2.05, 4.69) is 5.32 Å². The number of rotatable bonds is 5. The van der Waals surface area contributed by atoms with E-state index >= 15 is 0 Å². The molecule has 4 heteroatoms. The Hall–Kier alpha value is -0.280. The van der Waals surface area contributed by atoms with Gasteiger partial charge in [-0.25, -0.2) is 0 Å². The maximum absolute atomic E-state index is 9.06. The number of hydrogen-bond acceptors (Lipinski definition) is 2. The van der Waals surface area contributed by atoms with Crippen LogP contribution in [0, 0.1) is 0 Å². The van der Waals surface area contributed by atoms with Gasteiger partial charge in [-0.05, 0) is 31.5 Å². The van der Waals surface area contributed by atoms with Crippen molar-refractivity contribution in [1.29, 1.82) is 0 Å². The third-order valence-electron chi connectivity index (χ3n) is 2.09. The minimum Gasteiger partial charge on any atom is -0.393 e. The van der Waals surface area contributed by atoms with E-state index < -0.39 is 0 Å². The standard InChI is InChI=1S/C11H15Cl2NO/c1-8(15)5-6-14-7-9-3-2-4-10(12)11(9)13/h2-4,8,14-15H,5-7H2,1H3/t8-/m1/s1. The molecular formula is C11H15Cl2NO. The minimum absolute atomic E-state index is 0.271. The van der Waals surface area contributed by atoms with Gasteiger partial charge in [0.1, 0.15) is 0 Å². The van der Waals surface area contributed by atoms with Gasteiger partial charge in [-0.2, -0.15) is 0 Å². The van der Waals surface area contributed by atoms with Gasteiger partial charge >= 0.3 is 0 Å². The summed E-state index contributed by atoms with van der Waals surface area (Å²) in [7, 11) is 0. The summed E-state index contributed by atoms with van der Waals surface area (Å²) in [5, 5.41) is 13.4. The molecule has 0 unspecified atom stereocenters. The summed E-state index contributed by atoms with van der Waals surface area (Å²) in [4.78, 5) is 0. The lowest BCUT2D eigenvalue weighted by molar-refractivity contribution is 0.183. The fraction of sp³-hybridized carbons (Fsp3) is 0.455. The van der Waals surface area contributed by atoms with E-state index in [-0.39, 0.29) is 6.10 Å². The van der Waals surface area contributed by atoms with Gasteiger partial charge in [0.25, 0.3) is 0 Å². The zero-order valence-corrected chi connectivity index (χ0v) is 10.1. The molecule has 0 saturated carbocycles. The first kappa shape index (κ1) is 12.8. The Bertz CT molecular complexity index is 315. The molecule has 1 aromatic carbocycles. The van der Waals surface area contributed by atoms with Crippen molar-refractivity contribution >= 4 is 23.2 Å². The first-order chi connectivity index (χ1) is 7.11. The predicted octanol–water partition coefficient (Wildman–Crippen LogP) is 2.85. The van der Waals surface area contributed by atoms with Crippen molar-refractivity contribution in [3.63, 3.8) is 0 Å². The Morgan fingerprint density at radius 3 is 2.80 bits per heavy atom. The van der Waals surface area contributed by atoms with Crippen LogP contribution in [0.2, 0.25) is 10.0 Å². The molecule has 84 valence electrons. The second-order valence-electron chi connectivity index (χ2n) is 3.53.